The summed E-state index contributed by atoms with van der Waals surface area (Å²) in [6, 6.07) is 9.17. The van der Waals surface area contributed by atoms with Gasteiger partial charge in [-0.15, -0.1) is 22.8 Å². The third-order valence-corrected chi connectivity index (χ3v) is 5.64. The van der Waals surface area contributed by atoms with Crippen LogP contribution in [0.15, 0.2) is 40.5 Å². The molecule has 0 aliphatic heterocycles. The molecule has 0 aliphatic carbocycles. The molecule has 0 bridgehead atoms. The number of anilines is 1. The summed E-state index contributed by atoms with van der Waals surface area (Å²) in [5.41, 5.74) is 4.21. The highest BCUT2D eigenvalue weighted by Gasteiger charge is 2.20. The molecule has 31 heavy (non-hydrogen) atoms. The van der Waals surface area contributed by atoms with Crippen molar-refractivity contribution in [3.63, 3.8) is 0 Å². The number of aliphatic imine (C=N–C) groups is 1. The average Bonchev–Trinajstić information content (AvgIpc) is 3.13. The monoisotopic (exact) mass is 439 g/mol. The van der Waals surface area contributed by atoms with Gasteiger partial charge in [-0.2, -0.15) is 0 Å². The Labute approximate surface area is 188 Å². The van der Waals surface area contributed by atoms with E-state index in [1.54, 1.807) is 17.7 Å². The molecule has 2 N–H and O–H groups in total. The van der Waals surface area contributed by atoms with Gasteiger partial charge in [-0.1, -0.05) is 13.8 Å². The number of hydrogen-bond donors (Lipinski definition) is 3. The van der Waals surface area contributed by atoms with Gasteiger partial charge in [0.25, 0.3) is 0 Å². The smallest absolute Gasteiger partial charge is 0.193 e. The molecule has 1 heterocycles. The predicted octanol–water partition coefficient (Wildman–Crippen LogP) is 4.77. The lowest BCUT2D eigenvalue weighted by Gasteiger charge is -2.26. The minimum atomic E-state index is -0.0612. The molecule has 0 spiro atoms. The third-order valence-electron chi connectivity index (χ3n) is 5.36. The molecule has 0 aliphatic rings. The predicted molar refractivity (Wildman–Crippen MR) is 128 cm³/mol. The van der Waals surface area contributed by atoms with Crippen LogP contribution in [0.25, 0.3) is 17.1 Å². The van der Waals surface area contributed by atoms with E-state index in [2.05, 4.69) is 52.6 Å². The van der Waals surface area contributed by atoms with Gasteiger partial charge in [0.2, 0.25) is 0 Å². The molecule has 0 fully saturated rings. The van der Waals surface area contributed by atoms with E-state index in [0.717, 1.165) is 41.3 Å². The molecule has 0 saturated heterocycles. The molecule has 0 atom stereocenters. The van der Waals surface area contributed by atoms with E-state index in [9.17, 15) is 10.2 Å². The maximum Gasteiger partial charge on any atom is 0.193 e. The molecule has 0 amide bonds. The molecule has 0 saturated carbocycles. The van der Waals surface area contributed by atoms with Crippen molar-refractivity contribution < 1.29 is 10.2 Å². The Kier molecular flexibility index (Phi) is 6.90. The highest BCUT2D eigenvalue weighted by atomic mass is 32.1. The summed E-state index contributed by atoms with van der Waals surface area (Å²) in [6.07, 6.45) is 1.63. The van der Waals surface area contributed by atoms with E-state index in [1.165, 1.54) is 6.07 Å². The first-order valence-corrected chi connectivity index (χ1v) is 10.8. The standard InChI is InChI=1S/C23H29N5O2S/c1-6-10-27(15(4)24-5)19-9-8-17(11-14(19)3)28-22(25-26-23(28)31)18-12-16(7-2)20(29)13-21(18)30/h8-9,11-13,29-30H,6-7,10H2,1-5H3,(H,26,31)/b24-15+. The van der Waals surface area contributed by atoms with Gasteiger partial charge in [-0.25, -0.2) is 0 Å². The number of nitrogens with zero attached hydrogens (tertiary/aromatic N) is 5. The lowest BCUT2D eigenvalue weighted by atomic mass is 10.1. The van der Waals surface area contributed by atoms with Gasteiger partial charge >= 0.3 is 0 Å². The second kappa shape index (κ2) is 9.43. The van der Waals surface area contributed by atoms with Crippen molar-refractivity contribution in [2.24, 2.45) is 4.99 Å². The van der Waals surface area contributed by atoms with Crippen LogP contribution in [0.4, 0.5) is 5.69 Å². The van der Waals surface area contributed by atoms with Crippen LogP contribution >= 0.6 is 12.6 Å². The zero-order valence-corrected chi connectivity index (χ0v) is 19.5. The molecule has 3 aromatic rings. The number of aromatic hydroxyl groups is 2. The van der Waals surface area contributed by atoms with E-state index >= 15 is 0 Å². The Morgan fingerprint density at radius 1 is 1.13 bits per heavy atom. The number of benzene rings is 2. The lowest BCUT2D eigenvalue weighted by Crippen LogP contribution is -2.30. The van der Waals surface area contributed by atoms with Crippen LogP contribution in [0, 0.1) is 6.92 Å². The molecule has 8 heteroatoms. The lowest BCUT2D eigenvalue weighted by molar-refractivity contribution is 0.447. The van der Waals surface area contributed by atoms with Crippen LogP contribution in [0.2, 0.25) is 0 Å². The average molecular weight is 440 g/mol. The first-order chi connectivity index (χ1) is 14.8. The Hall–Kier alpha value is -3.00. The largest absolute Gasteiger partial charge is 0.508 e. The van der Waals surface area contributed by atoms with Gasteiger partial charge in [0.15, 0.2) is 11.0 Å². The molecule has 2 aromatic carbocycles. The van der Waals surface area contributed by atoms with E-state index in [1.807, 2.05) is 26.0 Å². The number of amidine groups is 1. The van der Waals surface area contributed by atoms with Crippen LogP contribution in [0.5, 0.6) is 11.5 Å². The highest BCUT2D eigenvalue weighted by Crippen LogP contribution is 2.36. The zero-order valence-electron chi connectivity index (χ0n) is 18.6. The minimum absolute atomic E-state index is 0.0603. The topological polar surface area (TPSA) is 86.8 Å². The van der Waals surface area contributed by atoms with Gasteiger partial charge in [0, 0.05) is 25.3 Å². The van der Waals surface area contributed by atoms with Crippen molar-refractivity contribution in [3.05, 3.63) is 41.5 Å². The fourth-order valence-corrected chi connectivity index (χ4v) is 3.91. The van der Waals surface area contributed by atoms with Crippen molar-refractivity contribution >= 4 is 24.2 Å². The van der Waals surface area contributed by atoms with Crippen LogP contribution in [-0.2, 0) is 6.42 Å². The zero-order chi connectivity index (χ0) is 22.7. The Morgan fingerprint density at radius 2 is 1.87 bits per heavy atom. The first-order valence-electron chi connectivity index (χ1n) is 10.3. The van der Waals surface area contributed by atoms with E-state index in [4.69, 9.17) is 0 Å². The molecular formula is C23H29N5O2S. The van der Waals surface area contributed by atoms with Crippen molar-refractivity contribution in [2.75, 3.05) is 18.5 Å². The van der Waals surface area contributed by atoms with Crippen LogP contribution in [0.1, 0.15) is 38.3 Å². The number of phenols is 2. The highest BCUT2D eigenvalue weighted by molar-refractivity contribution is 7.80. The number of rotatable bonds is 6. The van der Waals surface area contributed by atoms with Gasteiger partial charge in [0.1, 0.15) is 11.5 Å². The molecule has 164 valence electrons. The van der Waals surface area contributed by atoms with Crippen LogP contribution in [0.3, 0.4) is 0 Å². The normalized spacial score (nSPS) is 11.7. The fraction of sp³-hybridized carbons (Fsp3) is 0.348. The van der Waals surface area contributed by atoms with Crippen molar-refractivity contribution in [3.8, 4) is 28.6 Å². The maximum absolute atomic E-state index is 10.5. The van der Waals surface area contributed by atoms with Gasteiger partial charge < -0.3 is 15.1 Å². The number of aromatic nitrogens is 3. The second-order valence-electron chi connectivity index (χ2n) is 7.40. The summed E-state index contributed by atoms with van der Waals surface area (Å²) in [6.45, 7) is 9.02. The number of phenolic OH excluding ortho intramolecular Hbond substituents is 2. The fourth-order valence-electron chi connectivity index (χ4n) is 3.66. The van der Waals surface area contributed by atoms with Crippen molar-refractivity contribution in [1.82, 2.24) is 14.8 Å². The SMILES string of the molecule is CCCN(/C(C)=N/C)c1ccc(-n2c(S)nnc2-c2cc(CC)c(O)cc2O)cc1C. The van der Waals surface area contributed by atoms with Crippen molar-refractivity contribution in [1.29, 1.82) is 0 Å². The molecule has 3 rings (SSSR count). The molecule has 0 radical (unpaired) electrons. The van der Waals surface area contributed by atoms with E-state index < -0.39 is 0 Å². The number of thiol groups is 1. The van der Waals surface area contributed by atoms with Crippen LogP contribution in [-0.4, -0.2) is 44.4 Å². The molecule has 1 aromatic heterocycles. The Morgan fingerprint density at radius 3 is 2.48 bits per heavy atom. The maximum atomic E-state index is 10.5. The number of aryl methyl sites for hydroxylation is 2. The Bertz CT molecular complexity index is 1120. The van der Waals surface area contributed by atoms with E-state index in [-0.39, 0.29) is 11.5 Å². The third kappa shape index (κ3) is 4.39. The van der Waals surface area contributed by atoms with Crippen molar-refractivity contribution in [2.45, 2.75) is 45.7 Å². The van der Waals surface area contributed by atoms with Gasteiger partial charge in [0.05, 0.1) is 17.1 Å². The van der Waals surface area contributed by atoms with Crippen LogP contribution < -0.4 is 4.90 Å². The van der Waals surface area contributed by atoms with E-state index in [0.29, 0.717) is 23.0 Å². The summed E-state index contributed by atoms with van der Waals surface area (Å²) in [5, 5.41) is 29.3. The summed E-state index contributed by atoms with van der Waals surface area (Å²) in [4.78, 5) is 6.56. The quantitative estimate of drug-likeness (QED) is 0.293. The molecule has 0 unspecified atom stereocenters. The second-order valence-corrected chi connectivity index (χ2v) is 7.80. The Balaban J connectivity index is 2.12. The van der Waals surface area contributed by atoms with Gasteiger partial charge in [-0.05, 0) is 62.1 Å². The summed E-state index contributed by atoms with van der Waals surface area (Å²) < 4.78 is 1.79. The van der Waals surface area contributed by atoms with Gasteiger partial charge in [-0.3, -0.25) is 9.56 Å². The summed E-state index contributed by atoms with van der Waals surface area (Å²) in [5.74, 6) is 1.42. The summed E-state index contributed by atoms with van der Waals surface area (Å²) >= 11 is 4.49. The summed E-state index contributed by atoms with van der Waals surface area (Å²) in [7, 11) is 1.80. The molecule has 7 nitrogen and oxygen atoms in total. The number of hydrogen-bond acceptors (Lipinski definition) is 6. The molecular weight excluding hydrogens is 410 g/mol. The minimum Gasteiger partial charge on any atom is -0.508 e. The first kappa shape index (κ1) is 22.7.